The van der Waals surface area contributed by atoms with E-state index in [-0.39, 0.29) is 11.9 Å². The summed E-state index contributed by atoms with van der Waals surface area (Å²) in [5.41, 5.74) is 0. The van der Waals surface area contributed by atoms with Gasteiger partial charge < -0.3 is 14.7 Å². The zero-order valence-electron chi connectivity index (χ0n) is 10.8. The Morgan fingerprint density at radius 3 is 2.89 bits per heavy atom. The third kappa shape index (κ3) is 2.52. The Bertz CT molecular complexity index is 418. The van der Waals surface area contributed by atoms with Gasteiger partial charge in [-0.1, -0.05) is 12.8 Å². The summed E-state index contributed by atoms with van der Waals surface area (Å²) in [6.45, 7) is 0. The number of carbonyl (C=O) groups excluding carboxylic acids is 1. The number of aliphatic hydroxyl groups is 1. The lowest BCUT2D eigenvalue weighted by Gasteiger charge is -2.35. The highest BCUT2D eigenvalue weighted by Crippen LogP contribution is 2.29. The number of carbonyl (C=O) groups is 1. The Balaban J connectivity index is 2.13. The van der Waals surface area contributed by atoms with Crippen LogP contribution in [0.25, 0.3) is 0 Å². The van der Waals surface area contributed by atoms with E-state index in [1.165, 1.54) is 11.3 Å². The number of hydrogen-bond acceptors (Lipinski definition) is 4. The van der Waals surface area contributed by atoms with E-state index < -0.39 is 6.10 Å². The average Bonchev–Trinajstić information content (AvgIpc) is 2.86. The molecule has 1 saturated carbocycles. The summed E-state index contributed by atoms with van der Waals surface area (Å²) in [7, 11) is 3.33. The smallest absolute Gasteiger partial charge is 0.267 e. The molecule has 1 aromatic rings. The van der Waals surface area contributed by atoms with Gasteiger partial charge in [0.2, 0.25) is 0 Å². The summed E-state index contributed by atoms with van der Waals surface area (Å²) >= 11 is 1.38. The summed E-state index contributed by atoms with van der Waals surface area (Å²) in [6, 6.07) is 1.72. The average molecular weight is 269 g/mol. The van der Waals surface area contributed by atoms with Gasteiger partial charge in [-0.15, -0.1) is 11.3 Å². The largest absolute Gasteiger partial charge is 0.495 e. The van der Waals surface area contributed by atoms with Gasteiger partial charge in [-0.2, -0.15) is 0 Å². The van der Waals surface area contributed by atoms with E-state index in [1.807, 2.05) is 5.38 Å². The first-order valence-electron chi connectivity index (χ1n) is 6.22. The monoisotopic (exact) mass is 269 g/mol. The van der Waals surface area contributed by atoms with E-state index in [9.17, 15) is 9.90 Å². The highest BCUT2D eigenvalue weighted by atomic mass is 32.1. The quantitative estimate of drug-likeness (QED) is 0.914. The standard InChI is InChI=1S/C13H19NO3S/c1-14(9-5-3-4-6-10(9)15)13(16)12-11(17-2)7-8-18-12/h7-10,15H,3-6H2,1-2H3. The fourth-order valence-corrected chi connectivity index (χ4v) is 3.31. The second-order valence-electron chi connectivity index (χ2n) is 4.65. The molecular weight excluding hydrogens is 250 g/mol. The van der Waals surface area contributed by atoms with Gasteiger partial charge in [-0.25, -0.2) is 0 Å². The molecule has 4 nitrogen and oxygen atoms in total. The van der Waals surface area contributed by atoms with Crippen LogP contribution in [-0.2, 0) is 0 Å². The molecular formula is C13H19NO3S. The van der Waals surface area contributed by atoms with E-state index in [0.29, 0.717) is 10.6 Å². The summed E-state index contributed by atoms with van der Waals surface area (Å²) < 4.78 is 5.17. The molecule has 18 heavy (non-hydrogen) atoms. The summed E-state index contributed by atoms with van der Waals surface area (Å²) in [6.07, 6.45) is 3.36. The maximum absolute atomic E-state index is 12.4. The fourth-order valence-electron chi connectivity index (χ4n) is 2.47. The van der Waals surface area contributed by atoms with E-state index in [4.69, 9.17) is 4.74 Å². The van der Waals surface area contributed by atoms with Crippen LogP contribution in [0.2, 0.25) is 0 Å². The van der Waals surface area contributed by atoms with Gasteiger partial charge in [0.05, 0.1) is 19.3 Å². The number of thiophene rings is 1. The van der Waals surface area contributed by atoms with Crippen LogP contribution in [0.3, 0.4) is 0 Å². The van der Waals surface area contributed by atoms with Crippen LogP contribution >= 0.6 is 11.3 Å². The molecule has 0 aliphatic heterocycles. The van der Waals surface area contributed by atoms with Crippen LogP contribution in [0.15, 0.2) is 11.4 Å². The second-order valence-corrected chi connectivity index (χ2v) is 5.57. The van der Waals surface area contributed by atoms with E-state index in [1.54, 1.807) is 25.1 Å². The second kappa shape index (κ2) is 5.71. The van der Waals surface area contributed by atoms with Crippen LogP contribution in [0.1, 0.15) is 35.4 Å². The van der Waals surface area contributed by atoms with Gasteiger partial charge >= 0.3 is 0 Å². The number of aliphatic hydroxyl groups excluding tert-OH is 1. The molecule has 2 rings (SSSR count). The third-order valence-electron chi connectivity index (χ3n) is 3.56. The number of hydrogen-bond donors (Lipinski definition) is 1. The van der Waals surface area contributed by atoms with Crippen LogP contribution in [-0.4, -0.2) is 42.2 Å². The molecule has 1 aromatic heterocycles. The molecule has 5 heteroatoms. The Labute approximate surface area is 111 Å². The predicted octanol–water partition coefficient (Wildman–Crippen LogP) is 2.13. The minimum Gasteiger partial charge on any atom is -0.495 e. The van der Waals surface area contributed by atoms with Crippen LogP contribution in [0.5, 0.6) is 5.75 Å². The van der Waals surface area contributed by atoms with Crippen LogP contribution in [0, 0.1) is 0 Å². The minimum absolute atomic E-state index is 0.0622. The van der Waals surface area contributed by atoms with E-state index >= 15 is 0 Å². The maximum Gasteiger partial charge on any atom is 0.267 e. The molecule has 0 saturated heterocycles. The first-order chi connectivity index (χ1) is 8.65. The minimum atomic E-state index is -0.404. The molecule has 0 spiro atoms. The Morgan fingerprint density at radius 1 is 1.50 bits per heavy atom. The molecule has 1 aliphatic carbocycles. The van der Waals surface area contributed by atoms with E-state index in [0.717, 1.165) is 25.7 Å². The van der Waals surface area contributed by atoms with Crippen molar-refractivity contribution in [3.05, 3.63) is 16.3 Å². The molecule has 2 unspecified atom stereocenters. The van der Waals surface area contributed by atoms with Crippen molar-refractivity contribution in [1.82, 2.24) is 4.90 Å². The first-order valence-corrected chi connectivity index (χ1v) is 7.10. The van der Waals surface area contributed by atoms with Crippen molar-refractivity contribution in [2.24, 2.45) is 0 Å². The number of amides is 1. The van der Waals surface area contributed by atoms with Crippen molar-refractivity contribution in [2.45, 2.75) is 37.8 Å². The zero-order chi connectivity index (χ0) is 13.1. The lowest BCUT2D eigenvalue weighted by molar-refractivity contribution is 0.0269. The van der Waals surface area contributed by atoms with Crippen molar-refractivity contribution >= 4 is 17.2 Å². The van der Waals surface area contributed by atoms with Gasteiger partial charge in [0.15, 0.2) is 0 Å². The fraction of sp³-hybridized carbons (Fsp3) is 0.615. The highest BCUT2D eigenvalue weighted by Gasteiger charge is 2.31. The number of methoxy groups -OCH3 is 1. The Kier molecular flexibility index (Phi) is 4.24. The topological polar surface area (TPSA) is 49.8 Å². The molecule has 1 heterocycles. The van der Waals surface area contributed by atoms with Crippen molar-refractivity contribution < 1.29 is 14.6 Å². The third-order valence-corrected chi connectivity index (χ3v) is 4.44. The molecule has 0 radical (unpaired) electrons. The lowest BCUT2D eigenvalue weighted by atomic mass is 9.91. The van der Waals surface area contributed by atoms with Crippen molar-refractivity contribution in [2.75, 3.05) is 14.2 Å². The van der Waals surface area contributed by atoms with Gasteiger partial charge in [0, 0.05) is 7.05 Å². The SMILES string of the molecule is COc1ccsc1C(=O)N(C)C1CCCCC1O. The molecule has 2 atom stereocenters. The molecule has 1 aliphatic rings. The molecule has 100 valence electrons. The number of rotatable bonds is 3. The van der Waals surface area contributed by atoms with Crippen molar-refractivity contribution in [3.8, 4) is 5.75 Å². The molecule has 1 amide bonds. The lowest BCUT2D eigenvalue weighted by Crippen LogP contribution is -2.46. The van der Waals surface area contributed by atoms with Crippen LogP contribution in [0.4, 0.5) is 0 Å². The molecule has 1 fully saturated rings. The zero-order valence-corrected chi connectivity index (χ0v) is 11.6. The summed E-state index contributed by atoms with van der Waals surface area (Å²) in [5.74, 6) is 0.551. The Morgan fingerprint density at radius 2 is 2.22 bits per heavy atom. The van der Waals surface area contributed by atoms with Crippen molar-refractivity contribution in [1.29, 1.82) is 0 Å². The van der Waals surface area contributed by atoms with Crippen LogP contribution < -0.4 is 4.74 Å². The van der Waals surface area contributed by atoms with E-state index in [2.05, 4.69) is 0 Å². The molecule has 0 aromatic carbocycles. The highest BCUT2D eigenvalue weighted by molar-refractivity contribution is 7.12. The Hall–Kier alpha value is -1.07. The molecule has 1 N–H and O–H groups in total. The maximum atomic E-state index is 12.4. The summed E-state index contributed by atoms with van der Waals surface area (Å²) in [4.78, 5) is 14.6. The normalized spacial score (nSPS) is 23.7. The van der Waals surface area contributed by atoms with Gasteiger partial charge in [-0.3, -0.25) is 4.79 Å². The number of nitrogens with zero attached hydrogens (tertiary/aromatic N) is 1. The number of likely N-dealkylation sites (N-methyl/N-ethyl adjacent to an activating group) is 1. The first kappa shape index (κ1) is 13.4. The predicted molar refractivity (Wildman–Crippen MR) is 71.2 cm³/mol. The van der Waals surface area contributed by atoms with Gasteiger partial charge in [-0.05, 0) is 24.3 Å². The van der Waals surface area contributed by atoms with Gasteiger partial charge in [0.1, 0.15) is 10.6 Å². The van der Waals surface area contributed by atoms with Gasteiger partial charge in [0.25, 0.3) is 5.91 Å². The number of ether oxygens (including phenoxy) is 1. The van der Waals surface area contributed by atoms with Crippen molar-refractivity contribution in [3.63, 3.8) is 0 Å². The summed E-state index contributed by atoms with van der Waals surface area (Å²) in [5, 5.41) is 11.8. The molecule has 0 bridgehead atoms.